The Hall–Kier alpha value is -3.53. The molecule has 0 saturated carbocycles. The van der Waals surface area contributed by atoms with Crippen LogP contribution in [0.1, 0.15) is 28.3 Å². The second kappa shape index (κ2) is 7.84. The maximum absolute atomic E-state index is 13.1. The molecule has 3 aromatic rings. The fourth-order valence-corrected chi connectivity index (χ4v) is 3.79. The van der Waals surface area contributed by atoms with Crippen LogP contribution < -0.4 is 4.74 Å². The monoisotopic (exact) mass is 385 g/mol. The van der Waals surface area contributed by atoms with Gasteiger partial charge in [-0.05, 0) is 35.7 Å². The normalized spacial score (nSPS) is 16.4. The first-order chi connectivity index (χ1) is 14.1. The molecule has 4 rings (SSSR count). The number of amides is 1. The lowest BCUT2D eigenvalue weighted by Gasteiger charge is -2.27. The highest BCUT2D eigenvalue weighted by Gasteiger charge is 2.40. The van der Waals surface area contributed by atoms with E-state index in [9.17, 15) is 9.90 Å². The van der Waals surface area contributed by atoms with E-state index in [-0.39, 0.29) is 17.7 Å². The van der Waals surface area contributed by atoms with Crippen molar-refractivity contribution in [1.29, 1.82) is 0 Å². The number of ether oxygens (including phenoxy) is 1. The molecule has 146 valence electrons. The molecular weight excluding hydrogens is 362 g/mol. The van der Waals surface area contributed by atoms with E-state index in [0.29, 0.717) is 12.1 Å². The van der Waals surface area contributed by atoms with Gasteiger partial charge in [0.15, 0.2) is 5.76 Å². The van der Waals surface area contributed by atoms with Crippen LogP contribution in [0.15, 0.2) is 84.6 Å². The molecule has 29 heavy (non-hydrogen) atoms. The third-order valence-corrected chi connectivity index (χ3v) is 5.27. The van der Waals surface area contributed by atoms with Crippen LogP contribution in [0, 0.1) is 6.92 Å². The number of carbonyl (C=O) groups is 1. The van der Waals surface area contributed by atoms with E-state index in [2.05, 4.69) is 0 Å². The molecule has 0 aromatic heterocycles. The molecule has 0 spiro atoms. The molecule has 4 heteroatoms. The van der Waals surface area contributed by atoms with Crippen molar-refractivity contribution in [2.75, 3.05) is 7.11 Å². The summed E-state index contributed by atoms with van der Waals surface area (Å²) in [5.74, 6) is 0.184. The Morgan fingerprint density at radius 3 is 2.38 bits per heavy atom. The van der Waals surface area contributed by atoms with Gasteiger partial charge in [0.05, 0.1) is 13.2 Å². The SMILES string of the molecule is COc1cccc(CN2C(=O)C(O)=C(c3ccc(C)cc3)C2c2ccccc2)c1. The molecule has 1 N–H and O–H groups in total. The number of methoxy groups -OCH3 is 1. The number of aliphatic hydroxyl groups excluding tert-OH is 1. The third-order valence-electron chi connectivity index (χ3n) is 5.27. The van der Waals surface area contributed by atoms with Crippen LogP contribution in [0.25, 0.3) is 5.57 Å². The lowest BCUT2D eigenvalue weighted by molar-refractivity contribution is -0.130. The number of benzene rings is 3. The van der Waals surface area contributed by atoms with Gasteiger partial charge in [-0.3, -0.25) is 4.79 Å². The number of aliphatic hydroxyl groups is 1. The predicted molar refractivity (Wildman–Crippen MR) is 113 cm³/mol. The Morgan fingerprint density at radius 2 is 1.69 bits per heavy atom. The van der Waals surface area contributed by atoms with Crippen molar-refractivity contribution >= 4 is 11.5 Å². The van der Waals surface area contributed by atoms with Gasteiger partial charge in [-0.25, -0.2) is 0 Å². The fourth-order valence-electron chi connectivity index (χ4n) is 3.79. The number of hydrogen-bond acceptors (Lipinski definition) is 3. The Labute approximate surface area is 170 Å². The van der Waals surface area contributed by atoms with Crippen molar-refractivity contribution < 1.29 is 14.6 Å². The zero-order valence-electron chi connectivity index (χ0n) is 16.5. The standard InChI is InChI=1S/C25H23NO3/c1-17-11-13-19(14-12-17)22-23(20-8-4-3-5-9-20)26(25(28)24(22)27)16-18-7-6-10-21(15-18)29-2/h3-15,23,27H,16H2,1-2H3. The number of hydrogen-bond donors (Lipinski definition) is 1. The van der Waals surface area contributed by atoms with Crippen LogP contribution in [0.5, 0.6) is 5.75 Å². The van der Waals surface area contributed by atoms with Crippen molar-refractivity contribution in [1.82, 2.24) is 4.90 Å². The minimum absolute atomic E-state index is 0.189. The van der Waals surface area contributed by atoms with E-state index in [1.807, 2.05) is 85.8 Å². The summed E-state index contributed by atoms with van der Waals surface area (Å²) in [7, 11) is 1.62. The van der Waals surface area contributed by atoms with Crippen LogP contribution in [0.3, 0.4) is 0 Å². The number of rotatable bonds is 5. The molecule has 1 aliphatic heterocycles. The van der Waals surface area contributed by atoms with Gasteiger partial charge in [0.1, 0.15) is 5.75 Å². The molecule has 3 aromatic carbocycles. The second-order valence-electron chi connectivity index (χ2n) is 7.23. The molecule has 0 bridgehead atoms. The molecule has 0 fully saturated rings. The first-order valence-corrected chi connectivity index (χ1v) is 9.57. The van der Waals surface area contributed by atoms with Gasteiger partial charge in [-0.1, -0.05) is 72.3 Å². The lowest BCUT2D eigenvalue weighted by Crippen LogP contribution is -2.29. The number of carbonyl (C=O) groups excluding carboxylic acids is 1. The number of nitrogens with zero attached hydrogens (tertiary/aromatic N) is 1. The minimum atomic E-state index is -0.364. The molecular formula is C25H23NO3. The Morgan fingerprint density at radius 1 is 0.966 bits per heavy atom. The maximum atomic E-state index is 13.1. The van der Waals surface area contributed by atoms with Crippen LogP contribution >= 0.6 is 0 Å². The Kier molecular flexibility index (Phi) is 5.09. The smallest absolute Gasteiger partial charge is 0.290 e. The van der Waals surface area contributed by atoms with Crippen molar-refractivity contribution in [2.24, 2.45) is 0 Å². The molecule has 1 aliphatic rings. The molecule has 0 aliphatic carbocycles. The number of aryl methyl sites for hydroxylation is 1. The van der Waals surface area contributed by atoms with Crippen molar-refractivity contribution in [3.63, 3.8) is 0 Å². The van der Waals surface area contributed by atoms with Crippen molar-refractivity contribution in [2.45, 2.75) is 19.5 Å². The maximum Gasteiger partial charge on any atom is 0.290 e. The first-order valence-electron chi connectivity index (χ1n) is 9.57. The molecule has 0 saturated heterocycles. The van der Waals surface area contributed by atoms with E-state index in [1.165, 1.54) is 0 Å². The lowest BCUT2D eigenvalue weighted by atomic mass is 9.93. The van der Waals surface area contributed by atoms with Gasteiger partial charge >= 0.3 is 0 Å². The minimum Gasteiger partial charge on any atom is -0.503 e. The molecule has 0 radical (unpaired) electrons. The summed E-state index contributed by atoms with van der Waals surface area (Å²) < 4.78 is 5.32. The summed E-state index contributed by atoms with van der Waals surface area (Å²) >= 11 is 0. The Bertz CT molecular complexity index is 1050. The van der Waals surface area contributed by atoms with Crippen LogP contribution in [0.4, 0.5) is 0 Å². The van der Waals surface area contributed by atoms with E-state index in [0.717, 1.165) is 28.0 Å². The van der Waals surface area contributed by atoms with Gasteiger partial charge < -0.3 is 14.7 Å². The van der Waals surface area contributed by atoms with Crippen LogP contribution in [-0.2, 0) is 11.3 Å². The van der Waals surface area contributed by atoms with Gasteiger partial charge in [-0.15, -0.1) is 0 Å². The van der Waals surface area contributed by atoms with E-state index >= 15 is 0 Å². The van der Waals surface area contributed by atoms with Gasteiger partial charge in [0.2, 0.25) is 0 Å². The summed E-state index contributed by atoms with van der Waals surface area (Å²) in [6.45, 7) is 2.39. The fraction of sp³-hybridized carbons (Fsp3) is 0.160. The van der Waals surface area contributed by atoms with Gasteiger partial charge in [-0.2, -0.15) is 0 Å². The van der Waals surface area contributed by atoms with Crippen LogP contribution in [0.2, 0.25) is 0 Å². The summed E-state index contributed by atoms with van der Waals surface area (Å²) in [5, 5.41) is 10.8. The molecule has 1 heterocycles. The second-order valence-corrected chi connectivity index (χ2v) is 7.23. The molecule has 4 nitrogen and oxygen atoms in total. The topological polar surface area (TPSA) is 49.8 Å². The van der Waals surface area contributed by atoms with Crippen LogP contribution in [-0.4, -0.2) is 23.0 Å². The summed E-state index contributed by atoms with van der Waals surface area (Å²) in [4.78, 5) is 14.8. The van der Waals surface area contributed by atoms with Gasteiger partial charge in [0, 0.05) is 12.1 Å². The Balaban J connectivity index is 1.79. The first kappa shape index (κ1) is 18.8. The van der Waals surface area contributed by atoms with E-state index in [4.69, 9.17) is 4.74 Å². The van der Waals surface area contributed by atoms with E-state index < -0.39 is 0 Å². The highest BCUT2D eigenvalue weighted by atomic mass is 16.5. The van der Waals surface area contributed by atoms with Gasteiger partial charge in [0.25, 0.3) is 5.91 Å². The zero-order valence-corrected chi connectivity index (χ0v) is 16.5. The summed E-state index contributed by atoms with van der Waals surface area (Å²) in [5.41, 5.74) is 4.52. The molecule has 1 atom stereocenters. The zero-order chi connectivity index (χ0) is 20.4. The summed E-state index contributed by atoms with van der Waals surface area (Å²) in [6.07, 6.45) is 0. The largest absolute Gasteiger partial charge is 0.503 e. The third kappa shape index (κ3) is 3.61. The predicted octanol–water partition coefficient (Wildman–Crippen LogP) is 5.06. The average molecular weight is 385 g/mol. The molecule has 1 amide bonds. The molecule has 1 unspecified atom stereocenters. The summed E-state index contributed by atoms with van der Waals surface area (Å²) in [6, 6.07) is 25.0. The van der Waals surface area contributed by atoms with Crippen molar-refractivity contribution in [3.8, 4) is 5.75 Å². The average Bonchev–Trinajstić information content (AvgIpc) is 3.00. The quantitative estimate of drug-likeness (QED) is 0.668. The van der Waals surface area contributed by atoms with Crippen molar-refractivity contribution in [3.05, 3.63) is 107 Å². The highest BCUT2D eigenvalue weighted by Crippen LogP contribution is 2.43. The van der Waals surface area contributed by atoms with E-state index in [1.54, 1.807) is 12.0 Å². The highest BCUT2D eigenvalue weighted by molar-refractivity contribution is 6.05.